The number of ether oxygens (including phenoxy) is 6. The molecule has 11 fully saturated rings. The third-order valence-corrected chi connectivity index (χ3v) is 35.1. The number of hydrogen-bond donors (Lipinski definition) is 4. The Hall–Kier alpha value is -8.99. The summed E-state index contributed by atoms with van der Waals surface area (Å²) in [6.45, 7) is 20.8. The molecule has 34 nitrogen and oxygen atoms in total. The lowest BCUT2D eigenvalue weighted by molar-refractivity contribution is 0.203. The maximum absolute atomic E-state index is 15.1. The van der Waals surface area contributed by atoms with Crippen molar-refractivity contribution in [1.82, 2.24) is 59.5 Å². The van der Waals surface area contributed by atoms with Gasteiger partial charge in [-0.25, -0.2) is 58.0 Å². The summed E-state index contributed by atoms with van der Waals surface area (Å²) in [5, 5.41) is 16.7. The number of likely N-dealkylation sites (tertiary alicyclic amines) is 3. The second kappa shape index (κ2) is 48.0. The number of nitrogens with zero attached hydrogens (tertiary/aromatic N) is 16. The number of piperidine rings is 3. The fraction of sp³-hybridized carbons (Fsp3) is 0.673. The topological polar surface area (TPSA) is 369 Å². The number of sulfone groups is 4. The highest BCUT2D eigenvalue weighted by Crippen LogP contribution is 2.41. The molecule has 11 aliphatic rings. The highest BCUT2D eigenvalue weighted by Gasteiger charge is 2.34. The van der Waals surface area contributed by atoms with Gasteiger partial charge in [-0.1, -0.05) is 19.3 Å². The first-order chi connectivity index (χ1) is 66.4. The van der Waals surface area contributed by atoms with Crippen LogP contribution in [0, 0.1) is 5.82 Å². The van der Waals surface area contributed by atoms with Crippen molar-refractivity contribution in [2.24, 2.45) is 0 Å². The van der Waals surface area contributed by atoms with E-state index in [2.05, 4.69) is 60.5 Å². The first-order valence-electron chi connectivity index (χ1n) is 50.7. The van der Waals surface area contributed by atoms with E-state index < -0.39 is 45.2 Å². The number of methoxy groups -OCH3 is 2. The van der Waals surface area contributed by atoms with Crippen molar-refractivity contribution in [3.63, 3.8) is 0 Å². The molecule has 4 unspecified atom stereocenters. The molecule has 0 saturated carbocycles. The van der Waals surface area contributed by atoms with Crippen molar-refractivity contribution in [3.8, 4) is 34.5 Å². The van der Waals surface area contributed by atoms with Crippen LogP contribution in [0.3, 0.4) is 0 Å². The molecule has 4 aromatic heterocycles. The van der Waals surface area contributed by atoms with Gasteiger partial charge < -0.3 is 88.9 Å². The van der Waals surface area contributed by atoms with Crippen LogP contribution < -0.4 is 69.3 Å². The Morgan fingerprint density at radius 2 is 0.628 bits per heavy atom. The average molecular weight is 1970 g/mol. The third-order valence-electron chi connectivity index (χ3n) is 27.8. The highest BCUT2D eigenvalue weighted by molar-refractivity contribution is 7.92. The van der Waals surface area contributed by atoms with Gasteiger partial charge in [0, 0.05) is 149 Å². The molecule has 8 aromatic rings. The van der Waals surface area contributed by atoms with Gasteiger partial charge >= 0.3 is 0 Å². The first-order valence-corrected chi connectivity index (χ1v) is 58.0. The first kappa shape index (κ1) is 101. The Bertz CT molecular complexity index is 5830. The molecular formula is C98H145FN20O14S4. The molecule has 39 heteroatoms. The number of fused-ring (bicyclic) bond motifs is 4. The molecule has 11 saturated heterocycles. The van der Waals surface area contributed by atoms with Crippen LogP contribution in [0.1, 0.15) is 180 Å². The second-order valence-corrected chi connectivity index (χ2v) is 48.1. The van der Waals surface area contributed by atoms with Crippen LogP contribution in [0.25, 0.3) is 43.6 Å². The lowest BCUT2D eigenvalue weighted by Gasteiger charge is -2.32. The quantitative estimate of drug-likeness (QED) is 0.0272. The van der Waals surface area contributed by atoms with Crippen molar-refractivity contribution >= 4 is 130 Å². The molecule has 0 aliphatic carbocycles. The zero-order valence-corrected chi connectivity index (χ0v) is 84.2. The summed E-state index contributed by atoms with van der Waals surface area (Å²) in [4.78, 5) is 56.8. The van der Waals surface area contributed by atoms with Crippen molar-refractivity contribution in [3.05, 3.63) is 60.4 Å². The summed E-state index contributed by atoms with van der Waals surface area (Å²) in [6.07, 6.45) is 29.1. The average Bonchev–Trinajstić information content (AvgIpc) is 1.75. The molecule has 15 heterocycles. The Morgan fingerprint density at radius 3 is 0.956 bits per heavy atom. The summed E-state index contributed by atoms with van der Waals surface area (Å²) >= 11 is 0. The molecule has 752 valence electrons. The minimum atomic E-state index is -3.08. The van der Waals surface area contributed by atoms with Gasteiger partial charge in [0.2, 0.25) is 23.8 Å². The SMILES string of the molecule is COc1cc2c(NC3CCCS(=O)(=O)C3)nc(N3CCC3)nc2cc1OCCCN(C)C.COc1cc2c(NC3CCCS(=O)(=O)C3)nc(N3CCCC3)nc2cc1OCCCN1CCCCC1.O=S1(=O)CCCC(Nc2nc(N3CCCC3)nc3cc(OCCCN4CCCCC4)c(F)cc23)C1.O=S1(=O)CCCC(Nc2nc(N3CCCC3)nc3cc(OCCCN4CCCCC4)ccc23)C1. The smallest absolute Gasteiger partial charge is 0.227 e. The molecule has 4 N–H and O–H groups in total. The van der Waals surface area contributed by atoms with E-state index in [0.29, 0.717) is 127 Å². The molecule has 0 amide bonds. The molecule has 137 heavy (non-hydrogen) atoms. The number of hydrogen-bond acceptors (Lipinski definition) is 34. The number of anilines is 8. The van der Waals surface area contributed by atoms with E-state index in [1.165, 1.54) is 90.0 Å². The summed E-state index contributed by atoms with van der Waals surface area (Å²) < 4.78 is 148. The molecule has 0 bridgehead atoms. The van der Waals surface area contributed by atoms with Crippen LogP contribution in [0.5, 0.6) is 34.5 Å². The van der Waals surface area contributed by atoms with Crippen molar-refractivity contribution in [2.75, 3.05) is 259 Å². The lowest BCUT2D eigenvalue weighted by atomic mass is 10.1. The Kier molecular flexibility index (Phi) is 35.4. The summed E-state index contributed by atoms with van der Waals surface area (Å²) in [5.41, 5.74) is 2.98. The molecule has 11 aliphatic heterocycles. The number of rotatable bonds is 34. The van der Waals surface area contributed by atoms with Gasteiger partial charge in [0.05, 0.1) is 109 Å². The highest BCUT2D eigenvalue weighted by atomic mass is 32.2. The third kappa shape index (κ3) is 28.7. The largest absolute Gasteiger partial charge is 0.493 e. The van der Waals surface area contributed by atoms with Gasteiger partial charge in [0.15, 0.2) is 73.9 Å². The van der Waals surface area contributed by atoms with Crippen molar-refractivity contribution < 1.29 is 66.5 Å². The van der Waals surface area contributed by atoms with Gasteiger partial charge in [-0.2, -0.15) is 19.9 Å². The van der Waals surface area contributed by atoms with Crippen LogP contribution in [0.2, 0.25) is 0 Å². The van der Waals surface area contributed by atoms with E-state index in [4.69, 9.17) is 68.3 Å². The van der Waals surface area contributed by atoms with Gasteiger partial charge in [0.1, 0.15) is 29.0 Å². The summed E-state index contributed by atoms with van der Waals surface area (Å²) in [6, 6.07) is 16.0. The maximum Gasteiger partial charge on any atom is 0.227 e. The molecule has 4 atom stereocenters. The van der Waals surface area contributed by atoms with Gasteiger partial charge in [-0.15, -0.1) is 0 Å². The lowest BCUT2D eigenvalue weighted by Crippen LogP contribution is -2.39. The minimum absolute atomic E-state index is 0.0677. The zero-order valence-electron chi connectivity index (χ0n) is 80.9. The number of nitrogens with one attached hydrogen (secondary N) is 4. The summed E-state index contributed by atoms with van der Waals surface area (Å²) in [7, 11) is -4.81. The summed E-state index contributed by atoms with van der Waals surface area (Å²) in [5.74, 6) is 9.87. The Balaban J connectivity index is 0.000000132. The standard InChI is InChI=1S/C26H39N5O4S.C25H36FN5O3S.C25H37N5O3S.C22H33N5O4S/c1-34-23-17-21-22(18-24(23)35-15-8-12-30-10-3-2-4-11-30)28-26(31-13-5-6-14-31)29-25(21)27-20-9-7-16-36(32,33)19-20;26-21-16-20-22(17-23(21)34-14-7-11-30-9-2-1-3-10-30)28-25(31-12-4-5-13-31)29-24(20)27-19-8-6-15-35(32,33)18-19;31-34(32)17-6-8-20(19-34)26-24-22-10-9-21(33-16-7-13-29-11-2-1-3-12-29)18-23(22)27-25(28-24)30-14-4-5-15-30;1-26(2)8-6-11-31-20-14-18-17(13-19(20)30-3)21(25-22(24-18)27-9-5-10-27)23-16-7-4-12-32(28,29)15-16/h17-18,20H,2-16,19H2,1H3,(H,27,28,29);16-17,19H,1-15,18H2,(H,27,28,29);9-10,18,20H,1-8,11-17,19H2,(H,26,27,28);13-14,16H,4-12,15H2,1-3H3,(H,23,24,25). The van der Waals surface area contributed by atoms with Crippen LogP contribution in [-0.2, 0) is 39.3 Å². The zero-order chi connectivity index (χ0) is 95.3. The minimum Gasteiger partial charge on any atom is -0.493 e. The van der Waals surface area contributed by atoms with Crippen LogP contribution >= 0.6 is 0 Å². The fourth-order valence-corrected chi connectivity index (χ4v) is 26.9. The maximum atomic E-state index is 15.1. The normalized spacial score (nSPS) is 22.3. The van der Waals surface area contributed by atoms with E-state index in [1.54, 1.807) is 20.3 Å². The molecule has 4 aromatic carbocycles. The monoisotopic (exact) mass is 1970 g/mol. The van der Waals surface area contributed by atoms with E-state index >= 15 is 4.39 Å². The van der Waals surface area contributed by atoms with Crippen molar-refractivity contribution in [1.29, 1.82) is 0 Å². The Morgan fingerprint density at radius 1 is 0.328 bits per heavy atom. The molecular weight excluding hydrogens is 1830 g/mol. The van der Waals surface area contributed by atoms with Crippen LogP contribution in [0.15, 0.2) is 54.6 Å². The van der Waals surface area contributed by atoms with E-state index in [0.717, 1.165) is 232 Å². The Labute approximate surface area is 809 Å². The van der Waals surface area contributed by atoms with Crippen LogP contribution in [0.4, 0.5) is 51.5 Å². The number of benzene rings is 4. The van der Waals surface area contributed by atoms with Crippen molar-refractivity contribution in [2.45, 2.75) is 204 Å². The van der Waals surface area contributed by atoms with E-state index in [1.807, 2.05) is 56.6 Å². The fourth-order valence-electron chi connectivity index (χ4n) is 20.3. The van der Waals surface area contributed by atoms with E-state index in [9.17, 15) is 33.7 Å². The number of aromatic nitrogens is 8. The molecule has 0 radical (unpaired) electrons. The predicted molar refractivity (Wildman–Crippen MR) is 543 cm³/mol. The van der Waals surface area contributed by atoms with E-state index in [-0.39, 0.29) is 75.9 Å². The predicted octanol–water partition coefficient (Wildman–Crippen LogP) is 12.7. The van der Waals surface area contributed by atoms with Gasteiger partial charge in [-0.3, -0.25) is 0 Å². The van der Waals surface area contributed by atoms with Gasteiger partial charge in [-0.05, 0) is 244 Å². The molecule has 19 rings (SSSR count). The molecule has 0 spiro atoms. The van der Waals surface area contributed by atoms with Crippen LogP contribution in [-0.4, -0.2) is 336 Å². The number of halogens is 1. The van der Waals surface area contributed by atoms with Gasteiger partial charge in [0.25, 0.3) is 0 Å². The second-order valence-electron chi connectivity index (χ2n) is 39.1.